The van der Waals surface area contributed by atoms with Crippen molar-refractivity contribution in [3.05, 3.63) is 71.8 Å². The maximum absolute atomic E-state index is 6.30. The second-order valence-corrected chi connectivity index (χ2v) is 4.54. The van der Waals surface area contributed by atoms with Gasteiger partial charge in [0.1, 0.15) is 5.84 Å². The number of guanidine groups is 1. The van der Waals surface area contributed by atoms with Crippen molar-refractivity contribution in [3.63, 3.8) is 0 Å². The topological polar surface area (TPSA) is 88.8 Å². The van der Waals surface area contributed by atoms with Crippen molar-refractivity contribution >= 4 is 11.8 Å². The van der Waals surface area contributed by atoms with Crippen molar-refractivity contribution in [2.24, 2.45) is 21.5 Å². The van der Waals surface area contributed by atoms with Crippen molar-refractivity contribution < 1.29 is 0 Å². The van der Waals surface area contributed by atoms with Gasteiger partial charge >= 0.3 is 0 Å². The van der Waals surface area contributed by atoms with E-state index in [0.29, 0.717) is 5.84 Å². The Morgan fingerprint density at radius 3 is 2.10 bits per heavy atom. The lowest BCUT2D eigenvalue weighted by molar-refractivity contribution is 0.486. The summed E-state index contributed by atoms with van der Waals surface area (Å²) in [6.45, 7) is 0. The zero-order valence-corrected chi connectivity index (χ0v) is 10.8. The van der Waals surface area contributed by atoms with Gasteiger partial charge in [-0.15, -0.1) is 0 Å². The molecule has 0 saturated carbocycles. The lowest BCUT2D eigenvalue weighted by Crippen LogP contribution is -2.48. The highest BCUT2D eigenvalue weighted by Crippen LogP contribution is 2.24. The molecule has 1 aliphatic rings. The summed E-state index contributed by atoms with van der Waals surface area (Å²) in [6.07, 6.45) is 0. The van der Waals surface area contributed by atoms with Crippen LogP contribution in [0.3, 0.4) is 0 Å². The fourth-order valence-electron chi connectivity index (χ4n) is 2.10. The second-order valence-electron chi connectivity index (χ2n) is 4.54. The Kier molecular flexibility index (Phi) is 2.96. The first-order chi connectivity index (χ1) is 9.67. The van der Waals surface area contributed by atoms with Gasteiger partial charge in [-0.25, -0.2) is 9.98 Å². The average Bonchev–Trinajstić information content (AvgIpc) is 2.48. The summed E-state index contributed by atoms with van der Waals surface area (Å²) in [4.78, 5) is 8.75. The lowest BCUT2D eigenvalue weighted by Gasteiger charge is -2.27. The SMILES string of the molecule is NC1=NC(N)(c2ccccc2)N=C(c2ccccc2)N1. The van der Waals surface area contributed by atoms with Crippen LogP contribution in [0, 0.1) is 0 Å². The van der Waals surface area contributed by atoms with Gasteiger partial charge in [-0.3, -0.25) is 5.73 Å². The van der Waals surface area contributed by atoms with E-state index in [1.807, 2.05) is 60.7 Å². The minimum absolute atomic E-state index is 0.255. The molecule has 1 atom stereocenters. The van der Waals surface area contributed by atoms with Gasteiger partial charge < -0.3 is 11.1 Å². The lowest BCUT2D eigenvalue weighted by atomic mass is 10.1. The van der Waals surface area contributed by atoms with Gasteiger partial charge in [0, 0.05) is 11.1 Å². The van der Waals surface area contributed by atoms with E-state index < -0.39 is 5.79 Å². The van der Waals surface area contributed by atoms with E-state index in [9.17, 15) is 0 Å². The number of rotatable bonds is 2. The molecule has 0 spiro atoms. The standard InChI is InChI=1S/C15H15N5/c16-14-18-13(11-7-3-1-4-8-11)19-15(17,20-14)12-9-5-2-6-10-12/h1-10H,17H2,(H3,16,18,19,20). The van der Waals surface area contributed by atoms with E-state index in [0.717, 1.165) is 11.1 Å². The number of nitrogens with zero attached hydrogens (tertiary/aromatic N) is 2. The van der Waals surface area contributed by atoms with Gasteiger partial charge in [0.15, 0.2) is 5.96 Å². The normalized spacial score (nSPS) is 21.6. The van der Waals surface area contributed by atoms with E-state index in [4.69, 9.17) is 11.5 Å². The van der Waals surface area contributed by atoms with Crippen LogP contribution in [0.1, 0.15) is 11.1 Å². The smallest absolute Gasteiger partial charge is 0.234 e. The summed E-state index contributed by atoms with van der Waals surface area (Å²) >= 11 is 0. The number of aliphatic imine (C=N–C) groups is 2. The molecule has 0 radical (unpaired) electrons. The van der Waals surface area contributed by atoms with Crippen molar-refractivity contribution in [3.8, 4) is 0 Å². The molecule has 2 aromatic rings. The summed E-state index contributed by atoms with van der Waals surface area (Å²) in [6, 6.07) is 19.2. The molecule has 0 aliphatic carbocycles. The molecule has 0 aromatic heterocycles. The summed E-state index contributed by atoms with van der Waals surface area (Å²) in [7, 11) is 0. The molecule has 2 aromatic carbocycles. The molecule has 1 unspecified atom stereocenters. The predicted molar refractivity (Wildman–Crippen MR) is 80.0 cm³/mol. The fourth-order valence-corrected chi connectivity index (χ4v) is 2.10. The monoisotopic (exact) mass is 265 g/mol. The maximum Gasteiger partial charge on any atom is 0.234 e. The molecule has 0 saturated heterocycles. The molecule has 5 N–H and O–H groups in total. The molecular formula is C15H15N5. The van der Waals surface area contributed by atoms with Crippen LogP contribution in [0.2, 0.25) is 0 Å². The average molecular weight is 265 g/mol. The van der Waals surface area contributed by atoms with Gasteiger partial charge in [-0.05, 0) is 0 Å². The van der Waals surface area contributed by atoms with Crippen LogP contribution in [-0.2, 0) is 5.79 Å². The predicted octanol–water partition coefficient (Wildman–Crippen LogP) is 1.12. The van der Waals surface area contributed by atoms with Crippen LogP contribution >= 0.6 is 0 Å². The Bertz CT molecular complexity index is 663. The highest BCUT2D eigenvalue weighted by Gasteiger charge is 2.30. The van der Waals surface area contributed by atoms with Crippen molar-refractivity contribution in [1.82, 2.24) is 5.32 Å². The number of nitrogens with two attached hydrogens (primary N) is 2. The Balaban J connectivity index is 2.07. The summed E-state index contributed by atoms with van der Waals surface area (Å²) < 4.78 is 0. The largest absolute Gasteiger partial charge is 0.370 e. The van der Waals surface area contributed by atoms with Gasteiger partial charge in [0.05, 0.1) is 0 Å². The quantitative estimate of drug-likeness (QED) is 0.760. The zero-order chi connectivity index (χ0) is 14.0. The van der Waals surface area contributed by atoms with Gasteiger partial charge in [-0.2, -0.15) is 0 Å². The van der Waals surface area contributed by atoms with E-state index in [1.165, 1.54) is 0 Å². The van der Waals surface area contributed by atoms with Crippen LogP contribution in [-0.4, -0.2) is 11.8 Å². The van der Waals surface area contributed by atoms with Crippen LogP contribution in [0.25, 0.3) is 0 Å². The molecular weight excluding hydrogens is 250 g/mol. The van der Waals surface area contributed by atoms with Crippen LogP contribution in [0.15, 0.2) is 70.6 Å². The number of nitrogens with one attached hydrogen (secondary N) is 1. The summed E-state index contributed by atoms with van der Waals surface area (Å²) in [5.41, 5.74) is 13.9. The van der Waals surface area contributed by atoms with Crippen molar-refractivity contribution in [2.45, 2.75) is 5.79 Å². The molecule has 0 fully saturated rings. The first kappa shape index (κ1) is 12.4. The van der Waals surface area contributed by atoms with Crippen LogP contribution in [0.4, 0.5) is 0 Å². The molecule has 5 heteroatoms. The Labute approximate surface area is 117 Å². The number of hydrogen-bond acceptors (Lipinski definition) is 5. The molecule has 5 nitrogen and oxygen atoms in total. The van der Waals surface area contributed by atoms with Crippen LogP contribution < -0.4 is 16.8 Å². The number of amidine groups is 1. The molecule has 0 amide bonds. The second kappa shape index (κ2) is 4.79. The molecule has 0 bridgehead atoms. The van der Waals surface area contributed by atoms with E-state index >= 15 is 0 Å². The summed E-state index contributed by atoms with van der Waals surface area (Å²) in [5, 5.41) is 2.96. The maximum atomic E-state index is 6.30. The fraction of sp³-hybridized carbons (Fsp3) is 0.0667. The first-order valence-electron chi connectivity index (χ1n) is 6.29. The molecule has 1 aliphatic heterocycles. The highest BCUT2D eigenvalue weighted by molar-refractivity contribution is 6.09. The number of benzene rings is 2. The van der Waals surface area contributed by atoms with Gasteiger partial charge in [-0.1, -0.05) is 60.7 Å². The molecule has 3 rings (SSSR count). The van der Waals surface area contributed by atoms with E-state index in [2.05, 4.69) is 15.3 Å². The Morgan fingerprint density at radius 2 is 1.45 bits per heavy atom. The minimum Gasteiger partial charge on any atom is -0.370 e. The van der Waals surface area contributed by atoms with E-state index in [-0.39, 0.29) is 5.96 Å². The van der Waals surface area contributed by atoms with Crippen LogP contribution in [0.5, 0.6) is 0 Å². The van der Waals surface area contributed by atoms with Crippen molar-refractivity contribution in [1.29, 1.82) is 0 Å². The minimum atomic E-state index is -1.19. The Morgan fingerprint density at radius 1 is 0.850 bits per heavy atom. The molecule has 100 valence electrons. The third-order valence-corrected chi connectivity index (χ3v) is 3.07. The number of hydrogen-bond donors (Lipinski definition) is 3. The zero-order valence-electron chi connectivity index (χ0n) is 10.8. The molecule has 1 heterocycles. The van der Waals surface area contributed by atoms with Crippen molar-refractivity contribution in [2.75, 3.05) is 0 Å². The third-order valence-electron chi connectivity index (χ3n) is 3.07. The van der Waals surface area contributed by atoms with Gasteiger partial charge in [0.2, 0.25) is 5.79 Å². The first-order valence-corrected chi connectivity index (χ1v) is 6.29. The third kappa shape index (κ3) is 2.26. The summed E-state index contributed by atoms with van der Waals surface area (Å²) in [5.74, 6) is -0.323. The Hall–Kier alpha value is -2.66. The molecule has 20 heavy (non-hydrogen) atoms. The highest BCUT2D eigenvalue weighted by atomic mass is 15.3. The van der Waals surface area contributed by atoms with Gasteiger partial charge in [0.25, 0.3) is 0 Å². The van der Waals surface area contributed by atoms with E-state index in [1.54, 1.807) is 0 Å².